The molecule has 214 valence electrons. The number of hydrogen-bond acceptors (Lipinski definition) is 7. The average Bonchev–Trinajstić information content (AvgIpc) is 3.32. The number of carbonyl (C=O) groups excluding carboxylic acids is 4. The lowest BCUT2D eigenvalue weighted by molar-refractivity contribution is -0.144. The Morgan fingerprint density at radius 2 is 1.95 bits per heavy atom. The molecule has 0 saturated carbocycles. The Kier molecular flexibility index (Phi) is 10.3. The first-order valence-electron chi connectivity index (χ1n) is 13.5. The summed E-state index contributed by atoms with van der Waals surface area (Å²) in [5.41, 5.74) is 0.684. The van der Waals surface area contributed by atoms with Gasteiger partial charge in [0.15, 0.2) is 0 Å². The van der Waals surface area contributed by atoms with Crippen molar-refractivity contribution in [2.24, 2.45) is 11.8 Å². The summed E-state index contributed by atoms with van der Waals surface area (Å²) in [6, 6.07) is 2.60. The van der Waals surface area contributed by atoms with Gasteiger partial charge in [-0.05, 0) is 43.2 Å². The largest absolute Gasteiger partial charge is 0.496 e. The lowest BCUT2D eigenvalue weighted by atomic mass is 9.97. The van der Waals surface area contributed by atoms with Crippen LogP contribution in [0.3, 0.4) is 0 Å². The Hall–Kier alpha value is -3.60. The number of likely N-dealkylation sites (N-methyl/N-ethyl adjacent to an activating group) is 1. The van der Waals surface area contributed by atoms with Crippen molar-refractivity contribution >= 4 is 29.7 Å². The number of likely N-dealkylation sites (tertiary alicyclic amines) is 1. The van der Waals surface area contributed by atoms with Crippen LogP contribution in [0.25, 0.3) is 6.08 Å². The first kappa shape index (κ1) is 29.9. The predicted octanol–water partition coefficient (Wildman–Crippen LogP) is 1.04. The zero-order valence-electron chi connectivity index (χ0n) is 23.6. The van der Waals surface area contributed by atoms with E-state index in [1.807, 2.05) is 27.7 Å². The number of nitrogens with zero attached hydrogens (tertiary/aromatic N) is 1. The molecule has 5 atom stereocenters. The molecule has 1 aromatic rings. The van der Waals surface area contributed by atoms with E-state index in [1.54, 1.807) is 38.4 Å². The third-order valence-electron chi connectivity index (χ3n) is 7.25. The van der Waals surface area contributed by atoms with Crippen LogP contribution in [-0.4, -0.2) is 80.0 Å². The van der Waals surface area contributed by atoms with Crippen LogP contribution in [0.15, 0.2) is 24.4 Å². The van der Waals surface area contributed by atoms with Gasteiger partial charge < -0.3 is 35.6 Å². The third kappa shape index (κ3) is 7.08. The van der Waals surface area contributed by atoms with Crippen molar-refractivity contribution in [3.05, 3.63) is 30.0 Å². The van der Waals surface area contributed by atoms with Gasteiger partial charge in [0.1, 0.15) is 35.7 Å². The van der Waals surface area contributed by atoms with E-state index in [0.29, 0.717) is 29.9 Å². The van der Waals surface area contributed by atoms with Gasteiger partial charge in [-0.15, -0.1) is 0 Å². The lowest BCUT2D eigenvalue weighted by Crippen LogP contribution is -2.60. The highest BCUT2D eigenvalue weighted by molar-refractivity contribution is 5.95. The standard InChI is InChI=1S/C28H41N5O6/c1-7-17(4)24-26(35)30-12-10-18-14-19(8-9-20(18)38-6)39-21-11-13-33(25(21)27(36)32-24)28(37)23(16(2)3)31-22(34)15-29-5/h8-10,12,14,16-17,21,23-25,29H,7,11,13,15H2,1-6H3,(H,30,35)(H,31,34)(H,32,36). The zero-order valence-corrected chi connectivity index (χ0v) is 23.6. The Balaban J connectivity index is 2.02. The fourth-order valence-corrected chi connectivity index (χ4v) is 4.86. The van der Waals surface area contributed by atoms with Crippen LogP contribution in [0.1, 0.15) is 46.1 Å². The molecule has 2 aliphatic heterocycles. The number of methoxy groups -OCH3 is 1. The molecule has 11 heteroatoms. The number of rotatable bonds is 8. The molecular weight excluding hydrogens is 502 g/mol. The molecule has 5 unspecified atom stereocenters. The van der Waals surface area contributed by atoms with Crippen LogP contribution < -0.4 is 30.7 Å². The highest BCUT2D eigenvalue weighted by Gasteiger charge is 2.47. The molecule has 1 fully saturated rings. The Morgan fingerprint density at radius 1 is 1.21 bits per heavy atom. The highest BCUT2D eigenvalue weighted by Crippen LogP contribution is 2.30. The molecule has 3 rings (SSSR count). The second-order valence-electron chi connectivity index (χ2n) is 10.4. The van der Waals surface area contributed by atoms with Crippen molar-refractivity contribution in [2.45, 2.75) is 64.8 Å². The van der Waals surface area contributed by atoms with Gasteiger partial charge in [-0.1, -0.05) is 34.1 Å². The third-order valence-corrected chi connectivity index (χ3v) is 7.25. The summed E-state index contributed by atoms with van der Waals surface area (Å²) >= 11 is 0. The second kappa shape index (κ2) is 13.5. The quantitative estimate of drug-likeness (QED) is 0.384. The van der Waals surface area contributed by atoms with Crippen molar-refractivity contribution in [3.8, 4) is 11.5 Å². The van der Waals surface area contributed by atoms with E-state index in [0.717, 1.165) is 0 Å². The molecule has 0 aromatic heterocycles. The maximum absolute atomic E-state index is 13.8. The summed E-state index contributed by atoms with van der Waals surface area (Å²) in [6.07, 6.45) is 3.61. The molecule has 2 aliphatic rings. The maximum Gasteiger partial charge on any atom is 0.247 e. The molecule has 4 amide bonds. The molecule has 2 bridgehead atoms. The molecule has 4 N–H and O–H groups in total. The molecular formula is C28H41N5O6. The van der Waals surface area contributed by atoms with Gasteiger partial charge in [0, 0.05) is 24.7 Å². The Morgan fingerprint density at radius 3 is 2.59 bits per heavy atom. The summed E-state index contributed by atoms with van der Waals surface area (Å²) in [6.45, 7) is 7.82. The molecule has 1 saturated heterocycles. The predicted molar refractivity (Wildman–Crippen MR) is 147 cm³/mol. The number of carbonyl (C=O) groups is 4. The number of amides is 4. The van der Waals surface area contributed by atoms with Crippen molar-refractivity contribution in [1.29, 1.82) is 0 Å². The van der Waals surface area contributed by atoms with E-state index in [2.05, 4.69) is 21.3 Å². The molecule has 2 heterocycles. The van der Waals surface area contributed by atoms with E-state index < -0.39 is 30.1 Å². The Bertz CT molecular complexity index is 1090. The van der Waals surface area contributed by atoms with Crippen LogP contribution in [0, 0.1) is 11.8 Å². The first-order valence-corrected chi connectivity index (χ1v) is 13.5. The minimum Gasteiger partial charge on any atom is -0.496 e. The SMILES string of the molecule is CCC(C)C1NC(=O)C2C(CCN2C(=O)C(NC(=O)CNC)C(C)C)Oc2ccc(OC)c(c2)C=CNC1=O. The summed E-state index contributed by atoms with van der Waals surface area (Å²) in [5, 5.41) is 11.2. The van der Waals surface area contributed by atoms with E-state index in [4.69, 9.17) is 9.47 Å². The number of ether oxygens (including phenoxy) is 2. The van der Waals surface area contributed by atoms with Gasteiger partial charge in [-0.2, -0.15) is 0 Å². The first-order chi connectivity index (χ1) is 18.6. The summed E-state index contributed by atoms with van der Waals surface area (Å²) < 4.78 is 11.8. The minimum atomic E-state index is -1.00. The zero-order chi connectivity index (χ0) is 28.7. The average molecular weight is 544 g/mol. The summed E-state index contributed by atoms with van der Waals surface area (Å²) in [4.78, 5) is 54.6. The lowest BCUT2D eigenvalue weighted by Gasteiger charge is -2.33. The van der Waals surface area contributed by atoms with Gasteiger partial charge in [-0.3, -0.25) is 19.2 Å². The monoisotopic (exact) mass is 543 g/mol. The summed E-state index contributed by atoms with van der Waals surface area (Å²) in [5.74, 6) is -0.827. The molecule has 0 aliphatic carbocycles. The van der Waals surface area contributed by atoms with Crippen molar-refractivity contribution in [2.75, 3.05) is 27.2 Å². The van der Waals surface area contributed by atoms with E-state index in [9.17, 15) is 19.2 Å². The van der Waals surface area contributed by atoms with Crippen LogP contribution in [0.2, 0.25) is 0 Å². The van der Waals surface area contributed by atoms with Gasteiger partial charge in [0.25, 0.3) is 0 Å². The molecule has 0 radical (unpaired) electrons. The number of hydrogen-bond donors (Lipinski definition) is 4. The highest BCUT2D eigenvalue weighted by atomic mass is 16.5. The normalized spacial score (nSPS) is 22.7. The van der Waals surface area contributed by atoms with E-state index in [-0.39, 0.29) is 42.6 Å². The van der Waals surface area contributed by atoms with Crippen LogP contribution in [0.5, 0.6) is 11.5 Å². The summed E-state index contributed by atoms with van der Waals surface area (Å²) in [7, 11) is 3.20. The topological polar surface area (TPSA) is 138 Å². The van der Waals surface area contributed by atoms with Crippen molar-refractivity contribution in [3.63, 3.8) is 0 Å². The minimum absolute atomic E-state index is 0.0612. The molecule has 1 aromatic carbocycles. The van der Waals surface area contributed by atoms with E-state index >= 15 is 0 Å². The fraction of sp³-hybridized carbons (Fsp3) is 0.571. The molecule has 39 heavy (non-hydrogen) atoms. The van der Waals surface area contributed by atoms with Gasteiger partial charge in [0.2, 0.25) is 23.6 Å². The maximum atomic E-state index is 13.8. The van der Waals surface area contributed by atoms with Crippen molar-refractivity contribution < 1.29 is 28.7 Å². The van der Waals surface area contributed by atoms with Gasteiger partial charge in [0.05, 0.1) is 13.7 Å². The van der Waals surface area contributed by atoms with Crippen molar-refractivity contribution in [1.82, 2.24) is 26.2 Å². The van der Waals surface area contributed by atoms with E-state index in [1.165, 1.54) is 11.1 Å². The van der Waals surface area contributed by atoms with Gasteiger partial charge >= 0.3 is 0 Å². The smallest absolute Gasteiger partial charge is 0.247 e. The van der Waals surface area contributed by atoms with Crippen LogP contribution >= 0.6 is 0 Å². The molecule has 0 spiro atoms. The Labute approximate surface area is 230 Å². The number of benzene rings is 1. The molecule has 11 nitrogen and oxygen atoms in total. The second-order valence-corrected chi connectivity index (χ2v) is 10.4. The number of nitrogens with one attached hydrogen (secondary N) is 4. The number of fused-ring (bicyclic) bond motifs is 3. The van der Waals surface area contributed by atoms with Gasteiger partial charge in [-0.25, -0.2) is 0 Å². The van der Waals surface area contributed by atoms with Crippen LogP contribution in [0.4, 0.5) is 0 Å². The van der Waals surface area contributed by atoms with Crippen LogP contribution in [-0.2, 0) is 19.2 Å². The fourth-order valence-electron chi connectivity index (χ4n) is 4.86.